The summed E-state index contributed by atoms with van der Waals surface area (Å²) in [6, 6.07) is 11.4. The van der Waals surface area contributed by atoms with Crippen LogP contribution in [0, 0.1) is 11.6 Å². The maximum Gasteiger partial charge on any atom is 0.269 e. The van der Waals surface area contributed by atoms with Crippen LogP contribution in [0.2, 0.25) is 0 Å². The van der Waals surface area contributed by atoms with Crippen LogP contribution >= 0.6 is 11.8 Å². The molecule has 2 N–H and O–H groups in total. The van der Waals surface area contributed by atoms with Gasteiger partial charge in [-0.15, -0.1) is 11.8 Å². The Balaban J connectivity index is 1.90. The third-order valence-electron chi connectivity index (χ3n) is 2.90. The van der Waals surface area contributed by atoms with E-state index in [1.165, 1.54) is 6.92 Å². The van der Waals surface area contributed by atoms with E-state index in [1.807, 2.05) is 0 Å². The van der Waals surface area contributed by atoms with Gasteiger partial charge in [0.15, 0.2) is 0 Å². The van der Waals surface area contributed by atoms with Crippen LogP contribution in [0.3, 0.4) is 0 Å². The number of hydrogen-bond acceptors (Lipinski definition) is 3. The number of benzene rings is 2. The van der Waals surface area contributed by atoms with Crippen LogP contribution < -0.4 is 10.9 Å². The van der Waals surface area contributed by atoms with E-state index in [9.17, 15) is 18.4 Å². The van der Waals surface area contributed by atoms with Gasteiger partial charge >= 0.3 is 0 Å². The monoisotopic (exact) mass is 336 g/mol. The molecule has 2 rings (SSSR count). The molecular weight excluding hydrogens is 322 g/mol. The summed E-state index contributed by atoms with van der Waals surface area (Å²) in [4.78, 5) is 23.7. The van der Waals surface area contributed by atoms with Gasteiger partial charge in [-0.2, -0.15) is 0 Å². The molecule has 4 nitrogen and oxygen atoms in total. The molecule has 0 aliphatic heterocycles. The van der Waals surface area contributed by atoms with Gasteiger partial charge in [-0.3, -0.25) is 20.4 Å². The lowest BCUT2D eigenvalue weighted by Gasteiger charge is -2.13. The van der Waals surface area contributed by atoms with Crippen molar-refractivity contribution in [3.8, 4) is 0 Å². The number of amides is 2. The zero-order chi connectivity index (χ0) is 16.8. The zero-order valence-electron chi connectivity index (χ0n) is 12.2. The van der Waals surface area contributed by atoms with E-state index in [2.05, 4.69) is 10.9 Å². The highest BCUT2D eigenvalue weighted by molar-refractivity contribution is 8.00. The minimum absolute atomic E-state index is 0.0297. The van der Waals surface area contributed by atoms with Crippen LogP contribution in [0.5, 0.6) is 0 Å². The van der Waals surface area contributed by atoms with E-state index in [0.717, 1.165) is 30.0 Å². The summed E-state index contributed by atoms with van der Waals surface area (Å²) in [5.41, 5.74) is 4.92. The minimum Gasteiger partial charge on any atom is -0.272 e. The second kappa shape index (κ2) is 7.73. The van der Waals surface area contributed by atoms with Gasteiger partial charge in [-0.25, -0.2) is 8.78 Å². The summed E-state index contributed by atoms with van der Waals surface area (Å²) in [6.45, 7) is 1.53. The smallest absolute Gasteiger partial charge is 0.269 e. The Morgan fingerprint density at radius 3 is 2.43 bits per heavy atom. The molecule has 0 bridgehead atoms. The van der Waals surface area contributed by atoms with Crippen molar-refractivity contribution in [3.05, 3.63) is 65.7 Å². The normalized spacial score (nSPS) is 11.6. The molecule has 0 aliphatic carbocycles. The fraction of sp³-hybridized carbons (Fsp3) is 0.125. The lowest BCUT2D eigenvalue weighted by Crippen LogP contribution is -2.44. The molecule has 0 aromatic heterocycles. The van der Waals surface area contributed by atoms with Crippen molar-refractivity contribution in [2.24, 2.45) is 0 Å². The summed E-state index contributed by atoms with van der Waals surface area (Å²) in [6.07, 6.45) is 0. The van der Waals surface area contributed by atoms with Crippen molar-refractivity contribution < 1.29 is 18.4 Å². The Hall–Kier alpha value is -2.41. The van der Waals surface area contributed by atoms with Gasteiger partial charge in [0, 0.05) is 10.5 Å². The fourth-order valence-electron chi connectivity index (χ4n) is 1.69. The Morgan fingerprint density at radius 1 is 1.04 bits per heavy atom. The average Bonchev–Trinajstić information content (AvgIpc) is 2.56. The van der Waals surface area contributed by atoms with Gasteiger partial charge in [0.05, 0.1) is 5.25 Å². The summed E-state index contributed by atoms with van der Waals surface area (Å²) < 4.78 is 26.6. The van der Waals surface area contributed by atoms with Gasteiger partial charge in [0.25, 0.3) is 11.8 Å². The van der Waals surface area contributed by atoms with Crippen LogP contribution in [0.1, 0.15) is 17.3 Å². The Kier molecular flexibility index (Phi) is 5.70. The second-order valence-electron chi connectivity index (χ2n) is 4.64. The second-order valence-corrected chi connectivity index (χ2v) is 6.03. The first kappa shape index (κ1) is 17.0. The molecular formula is C16H14F2N2O2S. The van der Waals surface area contributed by atoms with Gasteiger partial charge in [0.2, 0.25) is 0 Å². The highest BCUT2D eigenvalue weighted by Crippen LogP contribution is 2.26. The molecule has 23 heavy (non-hydrogen) atoms. The number of rotatable bonds is 4. The maximum atomic E-state index is 13.5. The maximum absolute atomic E-state index is 13.5. The van der Waals surface area contributed by atoms with Crippen LogP contribution in [0.25, 0.3) is 0 Å². The molecule has 0 unspecified atom stereocenters. The van der Waals surface area contributed by atoms with Gasteiger partial charge in [0.1, 0.15) is 11.6 Å². The van der Waals surface area contributed by atoms with E-state index in [1.54, 1.807) is 30.3 Å². The van der Waals surface area contributed by atoms with E-state index in [4.69, 9.17) is 0 Å². The summed E-state index contributed by atoms with van der Waals surface area (Å²) in [5, 5.41) is -0.720. The lowest BCUT2D eigenvalue weighted by atomic mass is 10.2. The Bertz CT molecular complexity index is 710. The Labute approximate surface area is 136 Å². The van der Waals surface area contributed by atoms with Crippen LogP contribution in [0.4, 0.5) is 8.78 Å². The topological polar surface area (TPSA) is 58.2 Å². The predicted octanol–water partition coefficient (Wildman–Crippen LogP) is 2.91. The summed E-state index contributed by atoms with van der Waals surface area (Å²) in [7, 11) is 0. The number of carbonyl (C=O) groups excluding carboxylic acids is 2. The van der Waals surface area contributed by atoms with Crippen molar-refractivity contribution in [1.29, 1.82) is 0 Å². The highest BCUT2D eigenvalue weighted by atomic mass is 32.2. The van der Waals surface area contributed by atoms with Crippen molar-refractivity contribution in [2.75, 3.05) is 0 Å². The number of halogens is 2. The first-order valence-electron chi connectivity index (χ1n) is 6.74. The van der Waals surface area contributed by atoms with Crippen LogP contribution in [0.15, 0.2) is 53.4 Å². The predicted molar refractivity (Wildman–Crippen MR) is 83.7 cm³/mol. The standard InChI is InChI=1S/C16H14F2N2O2S/c1-10(23-14-9-12(17)7-8-13(14)18)15(21)19-20-16(22)11-5-3-2-4-6-11/h2-10H,1H3,(H,19,21)(H,20,22)/t10-/m0/s1. The van der Waals surface area contributed by atoms with Gasteiger partial charge in [-0.1, -0.05) is 18.2 Å². The third kappa shape index (κ3) is 4.79. The van der Waals surface area contributed by atoms with E-state index < -0.39 is 28.7 Å². The van der Waals surface area contributed by atoms with Crippen molar-refractivity contribution in [3.63, 3.8) is 0 Å². The first-order chi connectivity index (χ1) is 11.0. The molecule has 7 heteroatoms. The number of carbonyl (C=O) groups is 2. The molecule has 2 amide bonds. The van der Waals surface area contributed by atoms with Gasteiger partial charge in [-0.05, 0) is 37.3 Å². The molecule has 0 saturated carbocycles. The van der Waals surface area contributed by atoms with E-state index in [-0.39, 0.29) is 4.90 Å². The molecule has 0 aliphatic rings. The quantitative estimate of drug-likeness (QED) is 0.667. The van der Waals surface area contributed by atoms with Crippen molar-refractivity contribution in [1.82, 2.24) is 10.9 Å². The molecule has 0 heterocycles. The van der Waals surface area contributed by atoms with Crippen molar-refractivity contribution >= 4 is 23.6 Å². The van der Waals surface area contributed by atoms with Crippen LogP contribution in [-0.4, -0.2) is 17.1 Å². The molecule has 1 atom stereocenters. The molecule has 0 spiro atoms. The largest absolute Gasteiger partial charge is 0.272 e. The Morgan fingerprint density at radius 2 is 1.74 bits per heavy atom. The lowest BCUT2D eigenvalue weighted by molar-refractivity contribution is -0.121. The molecule has 0 radical (unpaired) electrons. The molecule has 120 valence electrons. The van der Waals surface area contributed by atoms with Crippen LogP contribution in [-0.2, 0) is 4.79 Å². The van der Waals surface area contributed by atoms with Crippen molar-refractivity contribution in [2.45, 2.75) is 17.1 Å². The molecule has 2 aromatic rings. The molecule has 0 fully saturated rings. The highest BCUT2D eigenvalue weighted by Gasteiger charge is 2.17. The van der Waals surface area contributed by atoms with Gasteiger partial charge < -0.3 is 0 Å². The van der Waals surface area contributed by atoms with E-state index in [0.29, 0.717) is 5.56 Å². The molecule has 0 saturated heterocycles. The first-order valence-corrected chi connectivity index (χ1v) is 7.62. The number of hydrogen-bond donors (Lipinski definition) is 2. The molecule has 2 aromatic carbocycles. The summed E-state index contributed by atoms with van der Waals surface area (Å²) in [5.74, 6) is -2.18. The van der Waals surface area contributed by atoms with E-state index >= 15 is 0 Å². The number of hydrazine groups is 1. The SMILES string of the molecule is C[C@H](Sc1cc(F)ccc1F)C(=O)NNC(=O)c1ccccc1. The zero-order valence-corrected chi connectivity index (χ0v) is 13.0. The minimum atomic E-state index is -0.720. The average molecular weight is 336 g/mol. The fourth-order valence-corrected chi connectivity index (χ4v) is 2.60. The number of nitrogens with one attached hydrogen (secondary N) is 2. The third-order valence-corrected chi connectivity index (χ3v) is 4.04. The summed E-state index contributed by atoms with van der Waals surface area (Å²) >= 11 is 0.862. The number of thioether (sulfide) groups is 1.